The Morgan fingerprint density at radius 1 is 1.44 bits per heavy atom. The molecule has 0 radical (unpaired) electrons. The lowest BCUT2D eigenvalue weighted by Gasteiger charge is -2.09. The fourth-order valence-corrected chi connectivity index (χ4v) is 2.02. The second kappa shape index (κ2) is 6.06. The van der Waals surface area contributed by atoms with Gasteiger partial charge >= 0.3 is 0 Å². The molecule has 0 amide bonds. The van der Waals surface area contributed by atoms with Gasteiger partial charge in [-0.05, 0) is 35.5 Å². The van der Waals surface area contributed by atoms with E-state index in [1.54, 1.807) is 12.4 Å². The lowest BCUT2D eigenvalue weighted by molar-refractivity contribution is 0.359. The average Bonchev–Trinajstić information content (AvgIpc) is 2.84. The Hall–Kier alpha value is -1.27. The number of aromatic nitrogens is 3. The van der Waals surface area contributed by atoms with Gasteiger partial charge in [0.1, 0.15) is 0 Å². The summed E-state index contributed by atoms with van der Waals surface area (Å²) >= 11 is 3.37. The maximum absolute atomic E-state index is 5.25. The van der Waals surface area contributed by atoms with E-state index in [0.29, 0.717) is 17.8 Å². The summed E-state index contributed by atoms with van der Waals surface area (Å²) in [6.45, 7) is 2.12. The molecule has 2 aromatic rings. The zero-order valence-electron chi connectivity index (χ0n) is 10.4. The summed E-state index contributed by atoms with van der Waals surface area (Å²) in [5.41, 5.74) is 0.844. The van der Waals surface area contributed by atoms with Crippen molar-refractivity contribution in [2.75, 3.05) is 7.05 Å². The van der Waals surface area contributed by atoms with Crippen LogP contribution in [0.3, 0.4) is 0 Å². The molecule has 2 heterocycles. The van der Waals surface area contributed by atoms with Crippen LogP contribution in [0.25, 0.3) is 11.4 Å². The van der Waals surface area contributed by atoms with E-state index in [1.165, 1.54) is 0 Å². The second-order valence-electron chi connectivity index (χ2n) is 4.00. The Kier molecular flexibility index (Phi) is 4.43. The number of nitrogens with zero attached hydrogens (tertiary/aromatic N) is 3. The largest absolute Gasteiger partial charge is 0.339 e. The Morgan fingerprint density at radius 3 is 2.94 bits per heavy atom. The van der Waals surface area contributed by atoms with E-state index in [9.17, 15) is 0 Å². The van der Waals surface area contributed by atoms with E-state index in [2.05, 4.69) is 43.3 Å². The van der Waals surface area contributed by atoms with Gasteiger partial charge in [0.25, 0.3) is 0 Å². The summed E-state index contributed by atoms with van der Waals surface area (Å²) in [4.78, 5) is 8.46. The highest BCUT2D eigenvalue weighted by Crippen LogP contribution is 2.19. The van der Waals surface area contributed by atoms with E-state index >= 15 is 0 Å². The molecule has 1 N–H and O–H groups in total. The van der Waals surface area contributed by atoms with Crippen molar-refractivity contribution in [3.05, 3.63) is 28.8 Å². The number of likely N-dealkylation sites (N-methyl/N-ethyl adjacent to an activating group) is 1. The molecule has 0 saturated heterocycles. The number of pyridine rings is 1. The Bertz CT molecular complexity index is 510. The van der Waals surface area contributed by atoms with Crippen LogP contribution in [-0.2, 0) is 6.42 Å². The van der Waals surface area contributed by atoms with Crippen LogP contribution < -0.4 is 5.32 Å². The van der Waals surface area contributed by atoms with E-state index in [0.717, 1.165) is 22.9 Å². The fraction of sp³-hybridized carbons (Fsp3) is 0.417. The highest BCUT2D eigenvalue weighted by atomic mass is 79.9. The predicted octanol–water partition coefficient (Wildman–Crippen LogP) is 2.43. The van der Waals surface area contributed by atoms with Gasteiger partial charge in [-0.25, -0.2) is 0 Å². The summed E-state index contributed by atoms with van der Waals surface area (Å²) in [5.74, 6) is 1.22. The van der Waals surface area contributed by atoms with Gasteiger partial charge in [-0.15, -0.1) is 0 Å². The molecule has 2 aromatic heterocycles. The van der Waals surface area contributed by atoms with Crippen molar-refractivity contribution in [3.63, 3.8) is 0 Å². The zero-order chi connectivity index (χ0) is 13.0. The number of nitrogens with one attached hydrogen (secondary N) is 1. The van der Waals surface area contributed by atoms with Gasteiger partial charge in [-0.2, -0.15) is 4.98 Å². The lowest BCUT2D eigenvalue weighted by atomic mass is 10.1. The molecule has 0 saturated carbocycles. The molecule has 0 fully saturated rings. The van der Waals surface area contributed by atoms with Crippen molar-refractivity contribution in [1.82, 2.24) is 20.4 Å². The quantitative estimate of drug-likeness (QED) is 0.919. The molecular weight excluding hydrogens is 296 g/mol. The zero-order valence-corrected chi connectivity index (χ0v) is 11.9. The number of rotatable bonds is 5. The minimum Gasteiger partial charge on any atom is -0.339 e. The molecule has 0 aromatic carbocycles. The molecule has 5 nitrogen and oxygen atoms in total. The van der Waals surface area contributed by atoms with Crippen LogP contribution in [0.4, 0.5) is 0 Å². The molecule has 1 unspecified atom stereocenters. The minimum absolute atomic E-state index is 0.360. The molecule has 0 aliphatic rings. The van der Waals surface area contributed by atoms with Crippen molar-refractivity contribution in [2.45, 2.75) is 25.8 Å². The van der Waals surface area contributed by atoms with Crippen LogP contribution in [0, 0.1) is 0 Å². The van der Waals surface area contributed by atoms with Crippen molar-refractivity contribution < 1.29 is 4.52 Å². The van der Waals surface area contributed by atoms with E-state index < -0.39 is 0 Å². The molecule has 96 valence electrons. The first-order chi connectivity index (χ1) is 8.72. The topological polar surface area (TPSA) is 63.8 Å². The first-order valence-electron chi connectivity index (χ1n) is 5.83. The highest BCUT2D eigenvalue weighted by molar-refractivity contribution is 9.10. The van der Waals surface area contributed by atoms with Crippen molar-refractivity contribution in [3.8, 4) is 11.4 Å². The summed E-state index contributed by atoms with van der Waals surface area (Å²) in [5, 5.41) is 7.19. The van der Waals surface area contributed by atoms with Gasteiger partial charge in [-0.3, -0.25) is 4.98 Å². The van der Waals surface area contributed by atoms with Gasteiger partial charge in [0, 0.05) is 34.9 Å². The molecule has 1 atom stereocenters. The van der Waals surface area contributed by atoms with Gasteiger partial charge < -0.3 is 9.84 Å². The molecular formula is C12H15BrN4O. The Balaban J connectivity index is 2.15. The van der Waals surface area contributed by atoms with Crippen molar-refractivity contribution >= 4 is 15.9 Å². The van der Waals surface area contributed by atoms with Crippen LogP contribution in [0.1, 0.15) is 19.2 Å². The SMILES string of the molecule is CCC(Cc1nc(-c2cncc(Br)c2)no1)NC. The van der Waals surface area contributed by atoms with Crippen LogP contribution in [0.5, 0.6) is 0 Å². The molecule has 18 heavy (non-hydrogen) atoms. The predicted molar refractivity (Wildman–Crippen MR) is 72.1 cm³/mol. The second-order valence-corrected chi connectivity index (χ2v) is 4.92. The van der Waals surface area contributed by atoms with Crippen molar-refractivity contribution in [1.29, 1.82) is 0 Å². The number of halogens is 1. The van der Waals surface area contributed by atoms with Gasteiger partial charge in [0.05, 0.1) is 0 Å². The van der Waals surface area contributed by atoms with Crippen LogP contribution in [0.2, 0.25) is 0 Å². The summed E-state index contributed by atoms with van der Waals surface area (Å²) < 4.78 is 6.15. The fourth-order valence-electron chi connectivity index (χ4n) is 1.65. The third-order valence-corrected chi connectivity index (χ3v) is 3.19. The lowest BCUT2D eigenvalue weighted by Crippen LogP contribution is -2.26. The normalized spacial score (nSPS) is 12.6. The first kappa shape index (κ1) is 13.2. The third kappa shape index (κ3) is 3.14. The van der Waals surface area contributed by atoms with Crippen molar-refractivity contribution in [2.24, 2.45) is 0 Å². The van der Waals surface area contributed by atoms with Crippen LogP contribution in [-0.4, -0.2) is 28.2 Å². The Labute approximate surface area is 114 Å². The van der Waals surface area contributed by atoms with E-state index in [1.807, 2.05) is 13.1 Å². The maximum atomic E-state index is 5.25. The highest BCUT2D eigenvalue weighted by Gasteiger charge is 2.13. The maximum Gasteiger partial charge on any atom is 0.228 e. The summed E-state index contributed by atoms with van der Waals surface area (Å²) in [6.07, 6.45) is 5.20. The van der Waals surface area contributed by atoms with Crippen LogP contribution >= 0.6 is 15.9 Å². The molecule has 0 bridgehead atoms. The number of hydrogen-bond donors (Lipinski definition) is 1. The monoisotopic (exact) mass is 310 g/mol. The molecule has 0 aliphatic heterocycles. The van der Waals surface area contributed by atoms with Gasteiger partial charge in [0.15, 0.2) is 0 Å². The van der Waals surface area contributed by atoms with E-state index in [-0.39, 0.29) is 0 Å². The third-order valence-electron chi connectivity index (χ3n) is 2.75. The first-order valence-corrected chi connectivity index (χ1v) is 6.63. The smallest absolute Gasteiger partial charge is 0.228 e. The molecule has 6 heteroatoms. The average molecular weight is 311 g/mol. The standard InChI is InChI=1S/C12H15BrN4O/c1-3-10(14-2)5-11-16-12(17-18-11)8-4-9(13)7-15-6-8/h4,6-7,10,14H,3,5H2,1-2H3. The Morgan fingerprint density at radius 2 is 2.28 bits per heavy atom. The molecule has 0 aliphatic carbocycles. The van der Waals surface area contributed by atoms with Gasteiger partial charge in [0.2, 0.25) is 11.7 Å². The molecule has 0 spiro atoms. The van der Waals surface area contributed by atoms with Crippen LogP contribution in [0.15, 0.2) is 27.5 Å². The minimum atomic E-state index is 0.360. The van der Waals surface area contributed by atoms with E-state index in [4.69, 9.17) is 4.52 Å². The van der Waals surface area contributed by atoms with Gasteiger partial charge in [-0.1, -0.05) is 12.1 Å². The molecule has 2 rings (SSSR count). The summed E-state index contributed by atoms with van der Waals surface area (Å²) in [6, 6.07) is 2.27. The number of hydrogen-bond acceptors (Lipinski definition) is 5. The summed E-state index contributed by atoms with van der Waals surface area (Å²) in [7, 11) is 1.93.